The van der Waals surface area contributed by atoms with Crippen molar-refractivity contribution in [3.05, 3.63) is 58.9 Å². The summed E-state index contributed by atoms with van der Waals surface area (Å²) in [5, 5.41) is 0. The van der Waals surface area contributed by atoms with E-state index in [2.05, 4.69) is 0 Å². The smallest absolute Gasteiger partial charge is 0.326 e. The molecule has 0 saturated carbocycles. The molecule has 0 aromatic heterocycles. The van der Waals surface area contributed by atoms with Crippen LogP contribution in [-0.2, 0) is 39.4 Å². The van der Waals surface area contributed by atoms with Gasteiger partial charge in [0.2, 0.25) is 5.91 Å². The Balaban J connectivity index is 1.70. The van der Waals surface area contributed by atoms with Crippen molar-refractivity contribution in [3.63, 3.8) is 0 Å². The molecule has 0 atom stereocenters. The number of benzene rings is 2. The minimum Gasteiger partial charge on any atom is -0.487 e. The highest BCUT2D eigenvalue weighted by Gasteiger charge is 2.39. The van der Waals surface area contributed by atoms with Gasteiger partial charge in [0, 0.05) is 25.1 Å². The van der Waals surface area contributed by atoms with Gasteiger partial charge in [-0.05, 0) is 36.0 Å². The number of amides is 2. The molecule has 2 heterocycles. The van der Waals surface area contributed by atoms with Crippen molar-refractivity contribution in [1.82, 2.24) is 9.62 Å². The predicted octanol–water partition coefficient (Wildman–Crippen LogP) is 2.91. The normalized spacial score (nSPS) is 17.0. The SMILES string of the molecule is CC(C)CCC(=O)N1CCc2cc(OCc3ccccc3)c(N3CC(=O)NS3(=O)=O)c(F)c2C1. The second-order valence-corrected chi connectivity index (χ2v) is 10.6. The lowest BCUT2D eigenvalue weighted by molar-refractivity contribution is -0.132. The molecule has 1 fully saturated rings. The van der Waals surface area contributed by atoms with Crippen LogP contribution >= 0.6 is 0 Å². The zero-order chi connectivity index (χ0) is 24.5. The van der Waals surface area contributed by atoms with Gasteiger partial charge in [-0.25, -0.2) is 13.4 Å². The molecule has 8 nitrogen and oxygen atoms in total. The molecule has 4 rings (SSSR count). The van der Waals surface area contributed by atoms with Gasteiger partial charge < -0.3 is 9.64 Å². The van der Waals surface area contributed by atoms with Crippen LogP contribution in [0, 0.1) is 11.7 Å². The Bertz CT molecular complexity index is 1200. The van der Waals surface area contributed by atoms with Gasteiger partial charge in [0.25, 0.3) is 5.91 Å². The third kappa shape index (κ3) is 5.01. The van der Waals surface area contributed by atoms with Gasteiger partial charge in [0.1, 0.15) is 24.6 Å². The van der Waals surface area contributed by atoms with Crippen molar-refractivity contribution < 1.29 is 27.1 Å². The van der Waals surface area contributed by atoms with E-state index in [-0.39, 0.29) is 36.1 Å². The maximum atomic E-state index is 16.0. The van der Waals surface area contributed by atoms with E-state index in [1.165, 1.54) is 0 Å². The predicted molar refractivity (Wildman–Crippen MR) is 125 cm³/mol. The summed E-state index contributed by atoms with van der Waals surface area (Å²) in [5.74, 6) is -1.19. The Kier molecular flexibility index (Phi) is 6.79. The van der Waals surface area contributed by atoms with E-state index in [9.17, 15) is 18.0 Å². The lowest BCUT2D eigenvalue weighted by Crippen LogP contribution is -2.37. The van der Waals surface area contributed by atoms with Crippen LogP contribution in [0.4, 0.5) is 10.1 Å². The van der Waals surface area contributed by atoms with Crippen LogP contribution in [0.3, 0.4) is 0 Å². The summed E-state index contributed by atoms with van der Waals surface area (Å²) in [7, 11) is -4.26. The van der Waals surface area contributed by atoms with Crippen LogP contribution < -0.4 is 13.8 Å². The van der Waals surface area contributed by atoms with Gasteiger partial charge in [-0.15, -0.1) is 0 Å². The standard InChI is InChI=1S/C24H28FN3O5S/c1-16(2)8-9-22(30)27-11-10-18-12-20(33-15-17-6-4-3-5-7-17)24(23(25)19(18)13-27)28-14-21(29)26-34(28,31)32/h3-7,12,16H,8-11,13-15H2,1-2H3,(H,26,29). The molecule has 182 valence electrons. The number of carbonyl (C=O) groups excluding carboxylic acids is 2. The summed E-state index contributed by atoms with van der Waals surface area (Å²) in [4.78, 5) is 26.1. The average molecular weight is 490 g/mol. The van der Waals surface area contributed by atoms with E-state index >= 15 is 4.39 Å². The molecular weight excluding hydrogens is 461 g/mol. The molecule has 2 amide bonds. The largest absolute Gasteiger partial charge is 0.487 e. The number of anilines is 1. The molecule has 2 aliphatic rings. The van der Waals surface area contributed by atoms with Gasteiger partial charge >= 0.3 is 10.2 Å². The number of rotatable bonds is 7. The molecule has 0 unspecified atom stereocenters. The zero-order valence-electron chi connectivity index (χ0n) is 19.2. The Morgan fingerprint density at radius 3 is 2.59 bits per heavy atom. The third-order valence-corrected chi connectivity index (χ3v) is 7.37. The summed E-state index contributed by atoms with van der Waals surface area (Å²) >= 11 is 0. The Hall–Kier alpha value is -3.14. The van der Waals surface area contributed by atoms with Crippen molar-refractivity contribution in [3.8, 4) is 5.75 Å². The van der Waals surface area contributed by atoms with Gasteiger partial charge in [-0.2, -0.15) is 8.42 Å². The number of hydrogen-bond acceptors (Lipinski definition) is 5. The quantitative estimate of drug-likeness (QED) is 0.645. The minimum atomic E-state index is -4.26. The molecule has 1 saturated heterocycles. The van der Waals surface area contributed by atoms with Crippen molar-refractivity contribution in [2.24, 2.45) is 5.92 Å². The molecule has 2 aromatic carbocycles. The van der Waals surface area contributed by atoms with Crippen LogP contribution in [0.1, 0.15) is 43.4 Å². The summed E-state index contributed by atoms with van der Waals surface area (Å²) in [5.41, 5.74) is 1.42. The Labute approximate surface area is 198 Å². The first kappa shape index (κ1) is 24.0. The molecule has 10 heteroatoms. The van der Waals surface area contributed by atoms with Crippen LogP contribution in [0.5, 0.6) is 5.75 Å². The zero-order valence-corrected chi connectivity index (χ0v) is 20.0. The Morgan fingerprint density at radius 1 is 1.21 bits per heavy atom. The van der Waals surface area contributed by atoms with Gasteiger partial charge in [0.05, 0.1) is 0 Å². The maximum absolute atomic E-state index is 16.0. The number of hydrogen-bond donors (Lipinski definition) is 1. The van der Waals surface area contributed by atoms with Crippen LogP contribution in [0.25, 0.3) is 0 Å². The summed E-state index contributed by atoms with van der Waals surface area (Å²) in [6.45, 7) is 4.11. The van der Waals surface area contributed by atoms with E-state index in [4.69, 9.17) is 4.74 Å². The second kappa shape index (κ2) is 9.61. The summed E-state index contributed by atoms with van der Waals surface area (Å²) in [6.07, 6.45) is 1.53. The lowest BCUT2D eigenvalue weighted by Gasteiger charge is -2.31. The van der Waals surface area contributed by atoms with E-state index in [0.29, 0.717) is 35.2 Å². The number of halogens is 1. The average Bonchev–Trinajstić information content (AvgIpc) is 3.07. The molecule has 2 aromatic rings. The number of nitrogens with one attached hydrogen (secondary N) is 1. The molecule has 1 N–H and O–H groups in total. The van der Waals surface area contributed by atoms with E-state index < -0.39 is 28.5 Å². The first-order valence-electron chi connectivity index (χ1n) is 11.3. The molecule has 0 radical (unpaired) electrons. The van der Waals surface area contributed by atoms with Crippen LogP contribution in [-0.4, -0.2) is 38.2 Å². The first-order chi connectivity index (χ1) is 16.2. The number of fused-ring (bicyclic) bond motifs is 1. The monoisotopic (exact) mass is 489 g/mol. The molecule has 2 aliphatic heterocycles. The Morgan fingerprint density at radius 2 is 1.94 bits per heavy atom. The third-order valence-electron chi connectivity index (χ3n) is 5.99. The summed E-state index contributed by atoms with van der Waals surface area (Å²) < 4.78 is 49.5. The summed E-state index contributed by atoms with van der Waals surface area (Å²) in [6, 6.07) is 10.8. The topological polar surface area (TPSA) is 96.0 Å². The molecular formula is C24H28FN3O5S. The van der Waals surface area contributed by atoms with Gasteiger partial charge in [-0.1, -0.05) is 44.2 Å². The minimum absolute atomic E-state index is 0.0410. The molecule has 0 aliphatic carbocycles. The van der Waals surface area contributed by atoms with Gasteiger partial charge in [0.15, 0.2) is 5.82 Å². The lowest BCUT2D eigenvalue weighted by atomic mass is 9.96. The second-order valence-electron chi connectivity index (χ2n) is 8.98. The maximum Gasteiger partial charge on any atom is 0.326 e. The molecule has 34 heavy (non-hydrogen) atoms. The van der Waals surface area contributed by atoms with E-state index in [1.807, 2.05) is 48.9 Å². The fraction of sp³-hybridized carbons (Fsp3) is 0.417. The van der Waals surface area contributed by atoms with E-state index in [0.717, 1.165) is 12.0 Å². The van der Waals surface area contributed by atoms with Crippen molar-refractivity contribution in [1.29, 1.82) is 0 Å². The van der Waals surface area contributed by atoms with Crippen LogP contribution in [0.15, 0.2) is 36.4 Å². The number of nitrogens with zero attached hydrogens (tertiary/aromatic N) is 2. The van der Waals surface area contributed by atoms with E-state index in [1.54, 1.807) is 11.0 Å². The van der Waals surface area contributed by atoms with Crippen molar-refractivity contribution >= 4 is 27.7 Å². The van der Waals surface area contributed by atoms with Crippen molar-refractivity contribution in [2.45, 2.75) is 46.3 Å². The fourth-order valence-corrected chi connectivity index (χ4v) is 5.29. The number of ether oxygens (including phenoxy) is 1. The van der Waals surface area contributed by atoms with Crippen molar-refractivity contribution in [2.75, 3.05) is 17.4 Å². The van der Waals surface area contributed by atoms with Crippen LogP contribution in [0.2, 0.25) is 0 Å². The van der Waals surface area contributed by atoms with Gasteiger partial charge in [-0.3, -0.25) is 9.59 Å². The highest BCUT2D eigenvalue weighted by atomic mass is 32.2. The highest BCUT2D eigenvalue weighted by molar-refractivity contribution is 7.92. The molecule has 0 spiro atoms. The first-order valence-corrected chi connectivity index (χ1v) is 12.7. The fourth-order valence-electron chi connectivity index (χ4n) is 4.13. The highest BCUT2D eigenvalue weighted by Crippen LogP contribution is 2.40. The molecule has 0 bridgehead atoms. The number of carbonyl (C=O) groups is 2.